The van der Waals surface area contributed by atoms with Crippen molar-refractivity contribution in [1.29, 1.82) is 0 Å². The van der Waals surface area contributed by atoms with Crippen molar-refractivity contribution in [1.82, 2.24) is 0 Å². The Hall–Kier alpha value is -2.26. The minimum atomic E-state index is -3.67. The van der Waals surface area contributed by atoms with Crippen LogP contribution in [0.2, 0.25) is 0 Å². The van der Waals surface area contributed by atoms with E-state index in [2.05, 4.69) is 45.4 Å². The van der Waals surface area contributed by atoms with Crippen LogP contribution in [0.25, 0.3) is 0 Å². The van der Waals surface area contributed by atoms with Crippen LogP contribution in [-0.2, 0) is 46.2 Å². The van der Waals surface area contributed by atoms with Crippen molar-refractivity contribution >= 4 is 27.5 Å². The van der Waals surface area contributed by atoms with E-state index >= 15 is 0 Å². The maximum Gasteiger partial charge on any atom is 0.343 e. The first-order valence-corrected chi connectivity index (χ1v) is 15.5. The van der Waals surface area contributed by atoms with Gasteiger partial charge in [-0.1, -0.05) is 53.5 Å². The second kappa shape index (κ2) is 18.4. The largest absolute Gasteiger partial charge is 0.501 e. The molecular weight excluding hydrogens is 735 g/mol. The first kappa shape index (κ1) is 39.7. The molecule has 1 saturated carbocycles. The predicted molar refractivity (Wildman–Crippen MR) is 165 cm³/mol. The summed E-state index contributed by atoms with van der Waals surface area (Å²) >= 11 is 0. The molecule has 42 heavy (non-hydrogen) atoms. The van der Waals surface area contributed by atoms with Crippen LogP contribution < -0.4 is 9.47 Å². The van der Waals surface area contributed by atoms with Gasteiger partial charge < -0.3 is 26.6 Å². The second-order valence-electron chi connectivity index (χ2n) is 10.7. The Morgan fingerprint density at radius 2 is 1.43 bits per heavy atom. The van der Waals surface area contributed by atoms with Gasteiger partial charge in [0.2, 0.25) is 0 Å². The molecule has 1 N–H and O–H groups in total. The van der Waals surface area contributed by atoms with E-state index in [1.54, 1.807) is 7.11 Å². The number of benzene rings is 2. The van der Waals surface area contributed by atoms with E-state index in [4.69, 9.17) is 19.0 Å². The zero-order valence-electron chi connectivity index (χ0n) is 26.3. The number of esters is 1. The molecule has 1 fully saturated rings. The van der Waals surface area contributed by atoms with Gasteiger partial charge >= 0.3 is 5.97 Å². The molecule has 4 rings (SSSR count). The Balaban J connectivity index is 0.000000824. The number of aryl methyl sites for hydroxylation is 1. The number of ether oxygens (including phenoxy) is 3. The zero-order chi connectivity index (χ0) is 30.0. The fourth-order valence-corrected chi connectivity index (χ4v) is 5.14. The van der Waals surface area contributed by atoms with Gasteiger partial charge in [0.15, 0.2) is 6.61 Å². The third-order valence-corrected chi connectivity index (χ3v) is 8.21. The first-order chi connectivity index (χ1) is 18.7. The van der Waals surface area contributed by atoms with E-state index in [1.807, 2.05) is 36.4 Å². The summed E-state index contributed by atoms with van der Waals surface area (Å²) in [6, 6.07) is 14.7. The molecule has 2 aromatic carbocycles. The molecule has 2 aliphatic carbocycles. The summed E-state index contributed by atoms with van der Waals surface area (Å²) in [5.74, 6) is 5.58. The number of aliphatic imine (C=N–C) groups is 1. The summed E-state index contributed by atoms with van der Waals surface area (Å²) in [7, 11) is -0.690. The monoisotopic (exact) mass is 782 g/mol. The number of carbonyl (C=O) groups is 1. The molecule has 0 bridgehead atoms. The molecule has 0 saturated heterocycles. The maximum atomic E-state index is 11.2. The molecule has 0 unspecified atom stereocenters. The SMILES string of the molecule is CC1C(C)C(C)C(C)C1C.COC(=O)COc1[c-]c2c(cc1)CCCC2=Nc1ccc(OC)cc1.CS(=O)(=O)O.[CH3-].[Ir]. The number of hydrogen-bond donors (Lipinski definition) is 1. The molecule has 2 aromatic rings. The van der Waals surface area contributed by atoms with Crippen molar-refractivity contribution in [2.45, 2.75) is 53.9 Å². The quantitative estimate of drug-likeness (QED) is 0.206. The van der Waals surface area contributed by atoms with Gasteiger partial charge in [-0.15, -0.1) is 23.3 Å². The van der Waals surface area contributed by atoms with Crippen LogP contribution in [0.5, 0.6) is 11.5 Å². The average molecular weight is 782 g/mol. The Bertz CT molecular complexity index is 1200. The number of rotatable bonds is 5. The minimum Gasteiger partial charge on any atom is -0.501 e. The van der Waals surface area contributed by atoms with Gasteiger partial charge in [-0.25, -0.2) is 4.79 Å². The van der Waals surface area contributed by atoms with Gasteiger partial charge in [-0.3, -0.25) is 4.55 Å². The van der Waals surface area contributed by atoms with Crippen molar-refractivity contribution in [2.75, 3.05) is 27.1 Å². The Labute approximate surface area is 266 Å². The standard InChI is InChI=1S/C20H20NO4.C10H20.CH4O3S.CH3.Ir/c1-23-16-10-7-15(8-11-16)21-19-5-3-4-14-6-9-17(12-18(14)19)25-13-20(22)24-2;1-6-7(2)9(4)10(5)8(6)3;1-5(2,3)4;;/h6-11H,3-5,13H2,1-2H3;6-10H,1-5H3;1H3,(H,2,3,4);1H3;/q-1;;;-1;. The van der Waals surface area contributed by atoms with E-state index in [0.29, 0.717) is 12.0 Å². The van der Waals surface area contributed by atoms with Crippen LogP contribution in [0.4, 0.5) is 5.69 Å². The molecule has 0 atom stereocenters. The minimum absolute atomic E-state index is 0. The molecule has 1 radical (unpaired) electrons. The van der Waals surface area contributed by atoms with E-state index in [1.165, 1.54) is 12.7 Å². The van der Waals surface area contributed by atoms with Crippen LogP contribution in [0, 0.1) is 43.1 Å². The fourth-order valence-electron chi connectivity index (χ4n) is 5.14. The van der Waals surface area contributed by atoms with Gasteiger partial charge in [0, 0.05) is 25.9 Å². The van der Waals surface area contributed by atoms with Crippen molar-refractivity contribution in [3.8, 4) is 11.5 Å². The van der Waals surface area contributed by atoms with Crippen LogP contribution in [0.3, 0.4) is 0 Å². The van der Waals surface area contributed by atoms with Gasteiger partial charge in [0.1, 0.15) is 5.75 Å². The van der Waals surface area contributed by atoms with Gasteiger partial charge in [-0.05, 0) is 66.0 Å². The van der Waals surface area contributed by atoms with Gasteiger partial charge in [0.25, 0.3) is 10.1 Å². The number of nitrogens with zero attached hydrogens (tertiary/aromatic N) is 1. The third-order valence-electron chi connectivity index (χ3n) is 8.21. The summed E-state index contributed by atoms with van der Waals surface area (Å²) in [5.41, 5.74) is 4.02. The van der Waals surface area contributed by atoms with Gasteiger partial charge in [-0.2, -0.15) is 8.42 Å². The first-order valence-electron chi connectivity index (χ1n) is 13.6. The number of hydrogen-bond acceptors (Lipinski definition) is 7. The molecular formula is C32H47IrNO7S-2. The molecule has 0 spiro atoms. The van der Waals surface area contributed by atoms with Crippen molar-refractivity contribution in [3.05, 3.63) is 61.0 Å². The predicted octanol–water partition coefficient (Wildman–Crippen LogP) is 6.64. The summed E-state index contributed by atoms with van der Waals surface area (Å²) < 4.78 is 41.1. The van der Waals surface area contributed by atoms with Crippen molar-refractivity contribution in [3.63, 3.8) is 0 Å². The smallest absolute Gasteiger partial charge is 0.343 e. The third kappa shape index (κ3) is 12.5. The summed E-state index contributed by atoms with van der Waals surface area (Å²) in [5, 5.41) is 0. The van der Waals surface area contributed by atoms with E-state index < -0.39 is 16.1 Å². The summed E-state index contributed by atoms with van der Waals surface area (Å²) in [4.78, 5) is 16.0. The van der Waals surface area contributed by atoms with Crippen LogP contribution in [-0.4, -0.2) is 51.7 Å². The fraction of sp³-hybridized carbons (Fsp3) is 0.531. The number of methoxy groups -OCH3 is 2. The Morgan fingerprint density at radius 1 is 0.929 bits per heavy atom. The maximum absolute atomic E-state index is 11.2. The summed E-state index contributed by atoms with van der Waals surface area (Å²) in [6.07, 6.45) is 3.64. The zero-order valence-corrected chi connectivity index (χ0v) is 29.5. The molecule has 10 heteroatoms. The molecule has 0 aromatic heterocycles. The van der Waals surface area contributed by atoms with Crippen LogP contribution >= 0.6 is 0 Å². The second-order valence-corrected chi connectivity index (χ2v) is 12.2. The van der Waals surface area contributed by atoms with E-state index in [0.717, 1.165) is 71.6 Å². The molecule has 0 aliphatic heterocycles. The normalized spacial score (nSPS) is 23.4. The van der Waals surface area contributed by atoms with Crippen LogP contribution in [0.15, 0.2) is 41.4 Å². The number of carbonyl (C=O) groups excluding carboxylic acids is 1. The van der Waals surface area contributed by atoms with E-state index in [9.17, 15) is 13.2 Å². The molecule has 2 aliphatic rings. The van der Waals surface area contributed by atoms with E-state index in [-0.39, 0.29) is 34.1 Å². The van der Waals surface area contributed by atoms with Crippen molar-refractivity contribution < 1.29 is 52.1 Å². The molecule has 8 nitrogen and oxygen atoms in total. The number of fused-ring (bicyclic) bond motifs is 1. The Morgan fingerprint density at radius 3 is 1.88 bits per heavy atom. The average Bonchev–Trinajstić information content (AvgIpc) is 3.09. The molecule has 239 valence electrons. The summed E-state index contributed by atoms with van der Waals surface area (Å²) in [6.45, 7) is 11.9. The molecule has 0 amide bonds. The van der Waals surface area contributed by atoms with Gasteiger partial charge in [0.05, 0.1) is 26.2 Å². The molecule has 0 heterocycles. The van der Waals surface area contributed by atoms with Crippen LogP contribution in [0.1, 0.15) is 58.6 Å². The topological polar surface area (TPSA) is 111 Å². The van der Waals surface area contributed by atoms with Crippen molar-refractivity contribution in [2.24, 2.45) is 34.6 Å². The Kier molecular flexibility index (Phi) is 17.4.